The van der Waals surface area contributed by atoms with E-state index in [2.05, 4.69) is 17.2 Å². The Morgan fingerprint density at radius 1 is 1.69 bits per heavy atom. The predicted molar refractivity (Wildman–Crippen MR) is 67.6 cm³/mol. The number of hydrogen-bond acceptors (Lipinski definition) is 4. The fourth-order valence-electron chi connectivity index (χ4n) is 1.79. The maximum absolute atomic E-state index is 5.53. The molecule has 1 aliphatic heterocycles. The minimum atomic E-state index is 0.237. The minimum Gasteiger partial charge on any atom is -0.388 e. The van der Waals surface area contributed by atoms with Gasteiger partial charge in [-0.2, -0.15) is 0 Å². The first-order chi connectivity index (χ1) is 7.66. The summed E-state index contributed by atoms with van der Waals surface area (Å²) in [7, 11) is 0. The summed E-state index contributed by atoms with van der Waals surface area (Å²) in [6.07, 6.45) is 2.96. The summed E-state index contributed by atoms with van der Waals surface area (Å²) in [5, 5.41) is 3.41. The Hall–Kier alpha value is -1.20. The Morgan fingerprint density at radius 2 is 2.50 bits per heavy atom. The summed E-state index contributed by atoms with van der Waals surface area (Å²) >= 11 is 4.89. The normalized spacial score (nSPS) is 24.3. The van der Waals surface area contributed by atoms with E-state index in [4.69, 9.17) is 22.7 Å². The molecule has 86 valence electrons. The van der Waals surface area contributed by atoms with Crippen LogP contribution in [-0.2, 0) is 4.74 Å². The monoisotopic (exact) mass is 237 g/mol. The molecule has 3 N–H and O–H groups in total. The molecule has 0 aromatic carbocycles. The second-order valence-corrected chi connectivity index (χ2v) is 4.35. The molecule has 0 amide bonds. The van der Waals surface area contributed by atoms with E-state index in [1.165, 1.54) is 0 Å². The maximum atomic E-state index is 5.53. The number of pyridine rings is 1. The van der Waals surface area contributed by atoms with Gasteiger partial charge in [-0.1, -0.05) is 12.2 Å². The zero-order valence-electron chi connectivity index (χ0n) is 9.14. The second-order valence-electron chi connectivity index (χ2n) is 3.91. The fraction of sp³-hybridized carbons (Fsp3) is 0.455. The number of ether oxygens (including phenoxy) is 1. The van der Waals surface area contributed by atoms with Gasteiger partial charge in [-0.3, -0.25) is 4.98 Å². The van der Waals surface area contributed by atoms with Crippen LogP contribution in [0.25, 0.3) is 0 Å². The smallest absolute Gasteiger partial charge is 0.122 e. The van der Waals surface area contributed by atoms with Crippen molar-refractivity contribution < 1.29 is 4.74 Å². The summed E-state index contributed by atoms with van der Waals surface area (Å²) in [4.78, 5) is 4.41. The third-order valence-electron chi connectivity index (χ3n) is 2.74. The highest BCUT2D eigenvalue weighted by Crippen LogP contribution is 2.18. The van der Waals surface area contributed by atoms with Crippen LogP contribution in [0.1, 0.15) is 19.0 Å². The van der Waals surface area contributed by atoms with Gasteiger partial charge < -0.3 is 15.8 Å². The number of nitrogens with zero attached hydrogens (tertiary/aromatic N) is 1. The summed E-state index contributed by atoms with van der Waals surface area (Å²) in [6.45, 7) is 2.88. The van der Waals surface area contributed by atoms with Crippen LogP contribution in [0, 0.1) is 0 Å². The van der Waals surface area contributed by atoms with E-state index in [0.717, 1.165) is 18.7 Å². The lowest BCUT2D eigenvalue weighted by molar-refractivity contribution is 0.121. The van der Waals surface area contributed by atoms with Crippen molar-refractivity contribution >= 4 is 22.9 Å². The van der Waals surface area contributed by atoms with E-state index in [9.17, 15) is 0 Å². The number of anilines is 1. The molecule has 4 nitrogen and oxygen atoms in total. The lowest BCUT2D eigenvalue weighted by Crippen LogP contribution is -2.26. The van der Waals surface area contributed by atoms with Crippen molar-refractivity contribution in [1.82, 2.24) is 4.98 Å². The van der Waals surface area contributed by atoms with Crippen LogP contribution in [0.5, 0.6) is 0 Å². The summed E-state index contributed by atoms with van der Waals surface area (Å²) in [5.74, 6) is 0. The van der Waals surface area contributed by atoms with E-state index < -0.39 is 0 Å². The number of aromatic nitrogens is 1. The van der Waals surface area contributed by atoms with Crippen LogP contribution in [0.3, 0.4) is 0 Å². The average molecular weight is 237 g/mol. The Kier molecular flexibility index (Phi) is 3.36. The van der Waals surface area contributed by atoms with Gasteiger partial charge in [0.1, 0.15) is 4.99 Å². The van der Waals surface area contributed by atoms with Gasteiger partial charge >= 0.3 is 0 Å². The van der Waals surface area contributed by atoms with Crippen molar-refractivity contribution in [3.05, 3.63) is 24.0 Å². The van der Waals surface area contributed by atoms with Crippen molar-refractivity contribution in [2.75, 3.05) is 11.9 Å². The molecule has 0 radical (unpaired) electrons. The minimum absolute atomic E-state index is 0.237. The Bertz CT molecular complexity index is 397. The van der Waals surface area contributed by atoms with Gasteiger partial charge in [0, 0.05) is 18.5 Å². The van der Waals surface area contributed by atoms with Gasteiger partial charge in [0.25, 0.3) is 0 Å². The molecule has 1 fully saturated rings. The van der Waals surface area contributed by atoms with Gasteiger partial charge in [0.05, 0.1) is 17.8 Å². The van der Waals surface area contributed by atoms with Crippen LogP contribution in [0.4, 0.5) is 5.69 Å². The molecule has 5 heteroatoms. The van der Waals surface area contributed by atoms with Crippen molar-refractivity contribution in [1.29, 1.82) is 0 Å². The van der Waals surface area contributed by atoms with Gasteiger partial charge in [-0.05, 0) is 25.5 Å². The van der Waals surface area contributed by atoms with Gasteiger partial charge in [0.2, 0.25) is 0 Å². The Balaban J connectivity index is 2.09. The van der Waals surface area contributed by atoms with Crippen molar-refractivity contribution in [3.63, 3.8) is 0 Å². The highest BCUT2D eigenvalue weighted by molar-refractivity contribution is 7.80. The number of rotatable bonds is 3. The molecule has 2 heterocycles. The zero-order chi connectivity index (χ0) is 11.5. The largest absolute Gasteiger partial charge is 0.388 e. The summed E-state index contributed by atoms with van der Waals surface area (Å²) in [5.41, 5.74) is 7.17. The van der Waals surface area contributed by atoms with E-state index in [1.807, 2.05) is 12.1 Å². The predicted octanol–water partition coefficient (Wildman–Crippen LogP) is 1.31. The standard InChI is InChI=1S/C11H15N3OS/c1-7-9(3-5-15-7)14-8-2-4-13-10(6-8)11(12)16/h2,4,6-7,9H,3,5H2,1H3,(H2,12,16)(H,13,14). The molecule has 0 bridgehead atoms. The van der Waals surface area contributed by atoms with Crippen molar-refractivity contribution in [2.45, 2.75) is 25.5 Å². The van der Waals surface area contributed by atoms with E-state index in [0.29, 0.717) is 16.7 Å². The van der Waals surface area contributed by atoms with Crippen LogP contribution >= 0.6 is 12.2 Å². The topological polar surface area (TPSA) is 60.2 Å². The molecular formula is C11H15N3OS. The third-order valence-corrected chi connectivity index (χ3v) is 2.95. The average Bonchev–Trinajstić information content (AvgIpc) is 2.65. The number of hydrogen-bond donors (Lipinski definition) is 2. The molecule has 2 unspecified atom stereocenters. The van der Waals surface area contributed by atoms with Crippen molar-refractivity contribution in [3.8, 4) is 0 Å². The Morgan fingerprint density at radius 3 is 3.12 bits per heavy atom. The van der Waals surface area contributed by atoms with Crippen LogP contribution in [-0.4, -0.2) is 28.7 Å². The lowest BCUT2D eigenvalue weighted by atomic mass is 10.1. The maximum Gasteiger partial charge on any atom is 0.122 e. The molecule has 1 aromatic rings. The number of thiocarbonyl (C=S) groups is 1. The molecular weight excluding hydrogens is 222 g/mol. The number of nitrogens with one attached hydrogen (secondary N) is 1. The molecule has 16 heavy (non-hydrogen) atoms. The molecule has 2 rings (SSSR count). The first kappa shape index (κ1) is 11.3. The molecule has 1 saturated heterocycles. The van der Waals surface area contributed by atoms with Crippen molar-refractivity contribution in [2.24, 2.45) is 5.73 Å². The second kappa shape index (κ2) is 4.76. The summed E-state index contributed by atoms with van der Waals surface area (Å²) < 4.78 is 5.49. The van der Waals surface area contributed by atoms with E-state index in [1.54, 1.807) is 6.20 Å². The molecule has 1 aromatic heterocycles. The highest BCUT2D eigenvalue weighted by atomic mass is 32.1. The molecule has 1 aliphatic rings. The summed E-state index contributed by atoms with van der Waals surface area (Å²) in [6, 6.07) is 4.13. The molecule has 0 saturated carbocycles. The molecule has 0 aliphatic carbocycles. The van der Waals surface area contributed by atoms with Gasteiger partial charge in [-0.25, -0.2) is 0 Å². The van der Waals surface area contributed by atoms with Gasteiger partial charge in [-0.15, -0.1) is 0 Å². The van der Waals surface area contributed by atoms with E-state index >= 15 is 0 Å². The third kappa shape index (κ3) is 2.48. The quantitative estimate of drug-likeness (QED) is 0.776. The SMILES string of the molecule is CC1OCCC1Nc1ccnc(C(N)=S)c1. The number of nitrogens with two attached hydrogens (primary N) is 1. The first-order valence-corrected chi connectivity index (χ1v) is 5.71. The molecule has 2 atom stereocenters. The first-order valence-electron chi connectivity index (χ1n) is 5.31. The van der Waals surface area contributed by atoms with Crippen LogP contribution < -0.4 is 11.1 Å². The Labute approximate surface area is 100 Å². The lowest BCUT2D eigenvalue weighted by Gasteiger charge is -2.17. The van der Waals surface area contributed by atoms with Gasteiger partial charge in [0.15, 0.2) is 0 Å². The van der Waals surface area contributed by atoms with Crippen LogP contribution in [0.15, 0.2) is 18.3 Å². The highest BCUT2D eigenvalue weighted by Gasteiger charge is 2.23. The molecule has 0 spiro atoms. The fourth-order valence-corrected chi connectivity index (χ4v) is 1.90. The van der Waals surface area contributed by atoms with E-state index in [-0.39, 0.29) is 6.10 Å². The van der Waals surface area contributed by atoms with Crippen LogP contribution in [0.2, 0.25) is 0 Å². The zero-order valence-corrected chi connectivity index (χ0v) is 9.96.